The molecule has 1 fully saturated rings. The Labute approximate surface area is 189 Å². The van der Waals surface area contributed by atoms with Crippen molar-refractivity contribution in [3.05, 3.63) is 77.7 Å². The summed E-state index contributed by atoms with van der Waals surface area (Å²) in [5, 5.41) is 7.20. The van der Waals surface area contributed by atoms with Crippen LogP contribution in [0.25, 0.3) is 0 Å². The first kappa shape index (κ1) is 21.5. The first-order valence-electron chi connectivity index (χ1n) is 11.1. The Bertz CT molecular complexity index is 1120. The second-order valence-corrected chi connectivity index (χ2v) is 8.55. The molecule has 2 aromatic heterocycles. The quantitative estimate of drug-likeness (QED) is 0.582. The van der Waals surface area contributed by atoms with Gasteiger partial charge >= 0.3 is 6.18 Å². The topological polar surface area (TPSA) is 63.1 Å². The van der Waals surface area contributed by atoms with E-state index < -0.39 is 18.3 Å². The van der Waals surface area contributed by atoms with Crippen LogP contribution in [0.4, 0.5) is 19.0 Å². The van der Waals surface area contributed by atoms with Gasteiger partial charge in [0.05, 0.1) is 18.3 Å². The van der Waals surface area contributed by atoms with Crippen LogP contribution in [0.2, 0.25) is 0 Å². The number of amides is 1. The molecule has 1 aromatic carbocycles. The van der Waals surface area contributed by atoms with E-state index in [1.54, 1.807) is 41.6 Å². The average Bonchev–Trinajstić information content (AvgIpc) is 3.27. The largest absolute Gasteiger partial charge is 0.410 e. The number of pyridine rings is 1. The summed E-state index contributed by atoms with van der Waals surface area (Å²) < 4.78 is 42.8. The molecular weight excluding hydrogens is 431 g/mol. The molecule has 0 spiro atoms. The maximum atomic E-state index is 14.0. The van der Waals surface area contributed by atoms with E-state index in [-0.39, 0.29) is 29.8 Å². The van der Waals surface area contributed by atoms with Crippen molar-refractivity contribution in [2.45, 2.75) is 50.0 Å². The number of nitrogens with one attached hydrogen (secondary N) is 1. The summed E-state index contributed by atoms with van der Waals surface area (Å²) >= 11 is 0. The molecule has 0 bridgehead atoms. The van der Waals surface area contributed by atoms with E-state index in [4.69, 9.17) is 0 Å². The first-order chi connectivity index (χ1) is 15.9. The van der Waals surface area contributed by atoms with Crippen LogP contribution in [0.15, 0.2) is 61.1 Å². The number of hydrogen-bond acceptors (Lipinski definition) is 4. The molecule has 0 saturated carbocycles. The summed E-state index contributed by atoms with van der Waals surface area (Å²) in [4.78, 5) is 19.6. The fourth-order valence-electron chi connectivity index (χ4n) is 4.87. The third-order valence-electron chi connectivity index (χ3n) is 6.50. The molecule has 4 heterocycles. The second kappa shape index (κ2) is 8.53. The van der Waals surface area contributed by atoms with Gasteiger partial charge in [-0.2, -0.15) is 18.3 Å². The fourth-order valence-corrected chi connectivity index (χ4v) is 4.87. The van der Waals surface area contributed by atoms with E-state index in [1.807, 2.05) is 18.2 Å². The zero-order chi connectivity index (χ0) is 23.0. The maximum absolute atomic E-state index is 14.0. The SMILES string of the molecule is O=C(c1cnn2c1N[C@@H](c1ccccc1)C[C@H]2C(F)(F)F)N1CCCC[C@@H]1c1cccnc1. The minimum Gasteiger partial charge on any atom is -0.363 e. The molecule has 172 valence electrons. The number of anilines is 1. The van der Waals surface area contributed by atoms with Gasteiger partial charge in [0.1, 0.15) is 11.4 Å². The van der Waals surface area contributed by atoms with Crippen LogP contribution in [-0.2, 0) is 0 Å². The number of carbonyl (C=O) groups excluding carboxylic acids is 1. The highest BCUT2D eigenvalue weighted by Crippen LogP contribution is 2.45. The number of alkyl halides is 3. The summed E-state index contributed by atoms with van der Waals surface area (Å²) in [6, 6.07) is 10.2. The predicted molar refractivity (Wildman–Crippen MR) is 117 cm³/mol. The van der Waals surface area contributed by atoms with Gasteiger partial charge in [0.15, 0.2) is 6.04 Å². The highest BCUT2D eigenvalue weighted by Gasteiger charge is 2.47. The molecule has 3 atom stereocenters. The average molecular weight is 455 g/mol. The minimum absolute atomic E-state index is 0.123. The number of hydrogen-bond donors (Lipinski definition) is 1. The van der Waals surface area contributed by atoms with Crippen molar-refractivity contribution in [3.8, 4) is 0 Å². The molecular formula is C24H24F3N5O. The van der Waals surface area contributed by atoms with Crippen molar-refractivity contribution in [3.63, 3.8) is 0 Å². The Morgan fingerprint density at radius 1 is 1.03 bits per heavy atom. The standard InChI is InChI=1S/C24H24F3N5O/c25-24(26,27)21-13-19(16-7-2-1-3-8-16)30-22-18(15-29-32(21)22)23(33)31-12-5-4-10-20(31)17-9-6-11-28-14-17/h1-3,6-9,11,14-15,19-21,30H,4-5,10,12-13H2/t19-,20-,21+/m1/s1. The van der Waals surface area contributed by atoms with E-state index in [9.17, 15) is 18.0 Å². The van der Waals surface area contributed by atoms with E-state index >= 15 is 0 Å². The minimum atomic E-state index is -4.49. The van der Waals surface area contributed by atoms with Crippen LogP contribution in [0.1, 0.15) is 65.3 Å². The molecule has 2 aliphatic rings. The van der Waals surface area contributed by atoms with Gasteiger partial charge in [0, 0.05) is 25.4 Å². The number of rotatable bonds is 3. The van der Waals surface area contributed by atoms with Gasteiger partial charge in [-0.3, -0.25) is 9.78 Å². The number of fused-ring (bicyclic) bond motifs is 1. The summed E-state index contributed by atoms with van der Waals surface area (Å²) in [5.74, 6) is -0.190. The van der Waals surface area contributed by atoms with Crippen molar-refractivity contribution >= 4 is 11.7 Å². The number of nitrogens with zero attached hydrogens (tertiary/aromatic N) is 4. The Morgan fingerprint density at radius 2 is 1.82 bits per heavy atom. The van der Waals surface area contributed by atoms with Gasteiger partial charge in [-0.25, -0.2) is 4.68 Å². The smallest absolute Gasteiger partial charge is 0.363 e. The number of halogens is 3. The normalized spacial score (nSPS) is 23.0. The summed E-state index contributed by atoms with van der Waals surface area (Å²) in [6.45, 7) is 0.536. The van der Waals surface area contributed by atoms with E-state index in [1.165, 1.54) is 6.20 Å². The Balaban J connectivity index is 1.51. The van der Waals surface area contributed by atoms with Crippen LogP contribution < -0.4 is 5.32 Å². The van der Waals surface area contributed by atoms with Crippen molar-refractivity contribution in [1.29, 1.82) is 0 Å². The van der Waals surface area contributed by atoms with Crippen LogP contribution in [0, 0.1) is 0 Å². The Morgan fingerprint density at radius 3 is 2.55 bits per heavy atom. The Hall–Kier alpha value is -3.36. The third-order valence-corrected chi connectivity index (χ3v) is 6.50. The van der Waals surface area contributed by atoms with E-state index in [0.717, 1.165) is 35.1 Å². The number of aromatic nitrogens is 3. The van der Waals surface area contributed by atoms with Crippen molar-refractivity contribution in [1.82, 2.24) is 19.7 Å². The van der Waals surface area contributed by atoms with Crippen molar-refractivity contribution < 1.29 is 18.0 Å². The van der Waals surface area contributed by atoms with Gasteiger partial charge in [0.25, 0.3) is 5.91 Å². The number of benzene rings is 1. The van der Waals surface area contributed by atoms with Gasteiger partial charge in [-0.05, 0) is 36.5 Å². The Kier molecular flexibility index (Phi) is 5.55. The number of likely N-dealkylation sites (tertiary alicyclic amines) is 1. The number of piperidine rings is 1. The molecule has 1 N–H and O–H groups in total. The van der Waals surface area contributed by atoms with Crippen LogP contribution in [0.5, 0.6) is 0 Å². The van der Waals surface area contributed by atoms with Gasteiger partial charge in [-0.1, -0.05) is 36.4 Å². The molecule has 0 radical (unpaired) electrons. The number of carbonyl (C=O) groups is 1. The first-order valence-corrected chi connectivity index (χ1v) is 11.1. The summed E-state index contributed by atoms with van der Waals surface area (Å²) in [5.41, 5.74) is 1.83. The molecule has 1 saturated heterocycles. The summed E-state index contributed by atoms with van der Waals surface area (Å²) in [6.07, 6.45) is 2.61. The molecule has 1 amide bonds. The lowest BCUT2D eigenvalue weighted by atomic mass is 9.95. The highest BCUT2D eigenvalue weighted by atomic mass is 19.4. The summed E-state index contributed by atoms with van der Waals surface area (Å²) in [7, 11) is 0. The molecule has 2 aliphatic heterocycles. The lowest BCUT2D eigenvalue weighted by Crippen LogP contribution is -2.40. The second-order valence-electron chi connectivity index (χ2n) is 8.55. The van der Waals surface area contributed by atoms with Crippen molar-refractivity contribution in [2.75, 3.05) is 11.9 Å². The van der Waals surface area contributed by atoms with Crippen LogP contribution in [0.3, 0.4) is 0 Å². The molecule has 6 nitrogen and oxygen atoms in total. The molecule has 33 heavy (non-hydrogen) atoms. The van der Waals surface area contributed by atoms with Gasteiger partial charge in [-0.15, -0.1) is 0 Å². The lowest BCUT2D eigenvalue weighted by Gasteiger charge is -2.37. The maximum Gasteiger partial charge on any atom is 0.410 e. The monoisotopic (exact) mass is 455 g/mol. The molecule has 3 aromatic rings. The zero-order valence-electron chi connectivity index (χ0n) is 17.9. The van der Waals surface area contributed by atoms with Crippen LogP contribution in [-0.4, -0.2) is 38.3 Å². The van der Waals surface area contributed by atoms with Crippen LogP contribution >= 0.6 is 0 Å². The molecule has 0 unspecified atom stereocenters. The fraction of sp³-hybridized carbons (Fsp3) is 0.375. The lowest BCUT2D eigenvalue weighted by molar-refractivity contribution is -0.173. The van der Waals surface area contributed by atoms with Crippen molar-refractivity contribution in [2.24, 2.45) is 0 Å². The molecule has 9 heteroatoms. The van der Waals surface area contributed by atoms with E-state index in [2.05, 4.69) is 15.4 Å². The third kappa shape index (κ3) is 4.07. The zero-order valence-corrected chi connectivity index (χ0v) is 17.9. The molecule has 5 rings (SSSR count). The predicted octanol–water partition coefficient (Wildman–Crippen LogP) is 5.31. The highest BCUT2D eigenvalue weighted by molar-refractivity contribution is 5.99. The van der Waals surface area contributed by atoms with Gasteiger partial charge in [0.2, 0.25) is 0 Å². The molecule has 0 aliphatic carbocycles. The van der Waals surface area contributed by atoms with E-state index in [0.29, 0.717) is 6.54 Å². The van der Waals surface area contributed by atoms with Gasteiger partial charge < -0.3 is 10.2 Å².